The minimum absolute atomic E-state index is 0.0205. The van der Waals surface area contributed by atoms with Crippen LogP contribution in [0.5, 0.6) is 0 Å². The predicted octanol–water partition coefficient (Wildman–Crippen LogP) is 5.29. The second kappa shape index (κ2) is 13.3. The van der Waals surface area contributed by atoms with Gasteiger partial charge < -0.3 is 14.2 Å². The van der Waals surface area contributed by atoms with Crippen molar-refractivity contribution in [2.75, 3.05) is 30.7 Å². The van der Waals surface area contributed by atoms with Crippen molar-refractivity contribution in [2.24, 2.45) is 0 Å². The van der Waals surface area contributed by atoms with Crippen LogP contribution in [0, 0.1) is 5.82 Å². The molecule has 1 aromatic heterocycles. The van der Waals surface area contributed by atoms with E-state index in [2.05, 4.69) is 22.8 Å². The van der Waals surface area contributed by atoms with Gasteiger partial charge in [-0.05, 0) is 56.2 Å². The van der Waals surface area contributed by atoms with E-state index in [4.69, 9.17) is 9.05 Å². The number of nitrogens with zero attached hydrogens (tertiary/aromatic N) is 3. The van der Waals surface area contributed by atoms with Crippen molar-refractivity contribution in [2.45, 2.75) is 46.1 Å². The summed E-state index contributed by atoms with van der Waals surface area (Å²) in [6.07, 6.45) is 1.18. The summed E-state index contributed by atoms with van der Waals surface area (Å²) in [4.78, 5) is 21.8. The van der Waals surface area contributed by atoms with E-state index in [1.165, 1.54) is 22.5 Å². The Labute approximate surface area is 211 Å². The van der Waals surface area contributed by atoms with E-state index < -0.39 is 13.7 Å². The lowest BCUT2D eigenvalue weighted by Crippen LogP contribution is -2.18. The minimum Gasteiger partial charge on any atom is -0.392 e. The topological polar surface area (TPSA) is 102 Å². The molecule has 1 N–H and O–H groups in total. The van der Waals surface area contributed by atoms with E-state index in [-0.39, 0.29) is 43.3 Å². The first-order chi connectivity index (χ1) is 16.5. The Morgan fingerprint density at radius 1 is 1.20 bits per heavy atom. The van der Waals surface area contributed by atoms with Crippen molar-refractivity contribution < 1.29 is 27.9 Å². The van der Waals surface area contributed by atoms with Crippen LogP contribution in [0.1, 0.15) is 51.3 Å². The zero-order valence-corrected chi connectivity index (χ0v) is 22.4. The van der Waals surface area contributed by atoms with E-state index in [0.717, 1.165) is 0 Å². The van der Waals surface area contributed by atoms with Crippen LogP contribution in [-0.4, -0.2) is 53.4 Å². The molecule has 2 aromatic rings. The van der Waals surface area contributed by atoms with Gasteiger partial charge in [-0.3, -0.25) is 13.7 Å². The maximum absolute atomic E-state index is 13.5. The maximum Gasteiger partial charge on any atom is 0.333 e. The summed E-state index contributed by atoms with van der Waals surface area (Å²) in [7, 11) is -1.79. The monoisotopic (exact) mass is 525 g/mol. The van der Waals surface area contributed by atoms with Crippen LogP contribution >= 0.6 is 20.4 Å². The number of ketones is 1. The number of hydrogen-bond acceptors (Lipinski definition) is 9. The molecular formula is C24H33FN3O5PS. The van der Waals surface area contributed by atoms with Gasteiger partial charge in [0.05, 0.1) is 36.9 Å². The zero-order chi connectivity index (χ0) is 26.2. The van der Waals surface area contributed by atoms with Crippen molar-refractivity contribution >= 4 is 38.2 Å². The average molecular weight is 526 g/mol. The highest BCUT2D eigenvalue weighted by Crippen LogP contribution is 2.48. The highest BCUT2D eigenvalue weighted by molar-refractivity contribution is 7.81. The first-order valence-electron chi connectivity index (χ1n) is 11.4. The number of carbonyl (C=O) groups excluding carboxylic acids is 1. The van der Waals surface area contributed by atoms with Crippen molar-refractivity contribution in [1.82, 2.24) is 9.97 Å². The van der Waals surface area contributed by atoms with Crippen molar-refractivity contribution in [1.29, 1.82) is 0 Å². The molecule has 1 atom stereocenters. The van der Waals surface area contributed by atoms with Crippen molar-refractivity contribution in [3.8, 4) is 11.3 Å². The summed E-state index contributed by atoms with van der Waals surface area (Å²) in [5.74, 6) is -0.422. The largest absolute Gasteiger partial charge is 0.392 e. The SMILES string of the molecule is CCOP(=O)(C[C@H](O)CC(=O)/C=C/c1c(-c2ccc(F)cc2)nc(N(C)S)nc1C(C)C)OCC. The fraction of sp³-hybridized carbons (Fsp3) is 0.458. The van der Waals surface area contributed by atoms with Gasteiger partial charge in [0.2, 0.25) is 5.95 Å². The molecule has 0 bridgehead atoms. The Hall–Kier alpha value is -2.10. The lowest BCUT2D eigenvalue weighted by molar-refractivity contribution is -0.116. The van der Waals surface area contributed by atoms with Crippen molar-refractivity contribution in [3.63, 3.8) is 0 Å². The van der Waals surface area contributed by atoms with E-state index >= 15 is 0 Å². The van der Waals surface area contributed by atoms with Crippen LogP contribution in [0.25, 0.3) is 17.3 Å². The molecule has 8 nitrogen and oxygen atoms in total. The maximum atomic E-state index is 13.5. The number of thiol groups is 1. The number of aliphatic hydroxyl groups is 1. The molecule has 0 aliphatic rings. The smallest absolute Gasteiger partial charge is 0.333 e. The van der Waals surface area contributed by atoms with E-state index in [0.29, 0.717) is 28.5 Å². The van der Waals surface area contributed by atoms with Crippen LogP contribution in [-0.2, 0) is 18.4 Å². The molecule has 0 saturated heterocycles. The summed E-state index contributed by atoms with van der Waals surface area (Å²) in [6, 6.07) is 5.87. The molecule has 192 valence electrons. The highest BCUT2D eigenvalue weighted by Gasteiger charge is 2.28. The molecule has 0 spiro atoms. The molecule has 0 fully saturated rings. The summed E-state index contributed by atoms with van der Waals surface area (Å²) in [6.45, 7) is 7.60. The Morgan fingerprint density at radius 3 is 2.31 bits per heavy atom. The third-order valence-electron chi connectivity index (χ3n) is 4.88. The molecule has 11 heteroatoms. The number of aromatic nitrogens is 2. The number of benzene rings is 1. The molecule has 0 aliphatic carbocycles. The predicted molar refractivity (Wildman–Crippen MR) is 139 cm³/mol. The average Bonchev–Trinajstić information content (AvgIpc) is 2.77. The highest BCUT2D eigenvalue weighted by atomic mass is 32.1. The number of anilines is 1. The van der Waals surface area contributed by atoms with Gasteiger partial charge >= 0.3 is 7.60 Å². The number of rotatable bonds is 13. The quantitative estimate of drug-likeness (QED) is 0.207. The number of halogens is 1. The third-order valence-corrected chi connectivity index (χ3v) is 7.23. The first-order valence-corrected chi connectivity index (χ1v) is 13.5. The van der Waals surface area contributed by atoms with Gasteiger partial charge in [-0.15, -0.1) is 0 Å². The Morgan fingerprint density at radius 2 is 1.80 bits per heavy atom. The fourth-order valence-electron chi connectivity index (χ4n) is 3.39. The van der Waals surface area contributed by atoms with Crippen LogP contribution < -0.4 is 4.31 Å². The van der Waals surface area contributed by atoms with Gasteiger partial charge in [-0.2, -0.15) is 0 Å². The van der Waals surface area contributed by atoms with Crippen LogP contribution in [0.15, 0.2) is 30.3 Å². The number of hydrogen-bond donors (Lipinski definition) is 2. The van der Waals surface area contributed by atoms with Gasteiger partial charge in [0, 0.05) is 24.6 Å². The van der Waals surface area contributed by atoms with Gasteiger partial charge in [-0.1, -0.05) is 26.7 Å². The molecular weight excluding hydrogens is 492 g/mol. The molecule has 0 unspecified atom stereocenters. The first kappa shape index (κ1) is 29.1. The summed E-state index contributed by atoms with van der Waals surface area (Å²) in [5, 5.41) is 10.3. The van der Waals surface area contributed by atoms with Gasteiger partial charge in [0.15, 0.2) is 5.78 Å². The Kier molecular flexibility index (Phi) is 11.0. The van der Waals surface area contributed by atoms with Gasteiger partial charge in [0.25, 0.3) is 0 Å². The Bertz CT molecular complexity index is 1070. The molecule has 0 radical (unpaired) electrons. The number of allylic oxidation sites excluding steroid dienone is 1. The second-order valence-electron chi connectivity index (χ2n) is 8.14. The van der Waals surface area contributed by atoms with Crippen molar-refractivity contribution in [3.05, 3.63) is 47.4 Å². The molecule has 0 amide bonds. The minimum atomic E-state index is -3.49. The van der Waals surface area contributed by atoms with Gasteiger partial charge in [0.1, 0.15) is 5.82 Å². The summed E-state index contributed by atoms with van der Waals surface area (Å²) in [5.41, 5.74) is 2.44. The normalized spacial score (nSPS) is 12.9. The number of carbonyl (C=O) groups is 1. The van der Waals surface area contributed by atoms with E-state index in [1.54, 1.807) is 39.1 Å². The lowest BCUT2D eigenvalue weighted by atomic mass is 9.97. The molecule has 1 heterocycles. The molecule has 1 aromatic carbocycles. The fourth-order valence-corrected chi connectivity index (χ4v) is 5.19. The third kappa shape index (κ3) is 8.51. The Balaban J connectivity index is 2.38. The second-order valence-corrected chi connectivity index (χ2v) is 10.8. The number of aliphatic hydroxyl groups excluding tert-OH is 1. The van der Waals surface area contributed by atoms with Crippen LogP contribution in [0.4, 0.5) is 10.3 Å². The summed E-state index contributed by atoms with van der Waals surface area (Å²) < 4.78 is 38.0. The van der Waals surface area contributed by atoms with Gasteiger partial charge in [-0.25, -0.2) is 14.4 Å². The molecule has 2 rings (SSSR count). The zero-order valence-electron chi connectivity index (χ0n) is 20.6. The standard InChI is InChI=1S/C24H33FN3O5PS/c1-6-32-34(31,33-7-2)15-20(30)14-19(29)12-13-21-22(16(3)4)26-24(28(5)35)27-23(21)17-8-10-18(25)11-9-17/h8-13,16,20,30,35H,6-7,14-15H2,1-5H3/b13-12+/t20-/m1/s1. The van der Waals surface area contributed by atoms with E-state index in [1.807, 2.05) is 13.8 Å². The molecule has 35 heavy (non-hydrogen) atoms. The van der Waals surface area contributed by atoms with Crippen LogP contribution in [0.2, 0.25) is 0 Å². The lowest BCUT2D eigenvalue weighted by Gasteiger charge is -2.19. The summed E-state index contributed by atoms with van der Waals surface area (Å²) >= 11 is 4.30. The molecule has 0 aliphatic heterocycles. The molecule has 0 saturated carbocycles. The van der Waals surface area contributed by atoms with E-state index in [9.17, 15) is 18.9 Å². The van der Waals surface area contributed by atoms with Crippen LogP contribution in [0.3, 0.4) is 0 Å².